The molecule has 0 bridgehead atoms. The molecule has 4 aromatic rings. The Morgan fingerprint density at radius 3 is 2.38 bits per heavy atom. The molecule has 0 spiro atoms. The van der Waals surface area contributed by atoms with Gasteiger partial charge in [-0.25, -0.2) is 9.18 Å². The Kier molecular flexibility index (Phi) is 6.53. The van der Waals surface area contributed by atoms with Crippen LogP contribution >= 0.6 is 22.9 Å². The Hall–Kier alpha value is -3.62. The van der Waals surface area contributed by atoms with Crippen LogP contribution in [0.25, 0.3) is 10.1 Å². The minimum atomic E-state index is -0.747. The molecule has 32 heavy (non-hydrogen) atoms. The van der Waals surface area contributed by atoms with Gasteiger partial charge in [-0.2, -0.15) is 10.2 Å². The summed E-state index contributed by atoms with van der Waals surface area (Å²) in [5.74, 6) is -1.69. The number of thiophene rings is 1. The van der Waals surface area contributed by atoms with E-state index >= 15 is 0 Å². The molecule has 0 unspecified atom stereocenters. The number of nitrogens with zero attached hydrogens (tertiary/aromatic N) is 2. The van der Waals surface area contributed by atoms with E-state index in [0.29, 0.717) is 21.5 Å². The second kappa shape index (κ2) is 9.67. The number of hydrogen-bond donors (Lipinski definition) is 1. The highest BCUT2D eigenvalue weighted by Crippen LogP contribution is 2.36. The van der Waals surface area contributed by atoms with Crippen LogP contribution in [0.1, 0.15) is 9.67 Å². The van der Waals surface area contributed by atoms with Crippen LogP contribution in [-0.2, 0) is 9.53 Å². The Bertz CT molecular complexity index is 1310. The van der Waals surface area contributed by atoms with Crippen molar-refractivity contribution in [2.45, 2.75) is 0 Å². The summed E-state index contributed by atoms with van der Waals surface area (Å²) in [6.07, 6.45) is 0. The number of hydrogen-bond acceptors (Lipinski definition) is 6. The van der Waals surface area contributed by atoms with Gasteiger partial charge in [-0.15, -0.1) is 11.3 Å². The van der Waals surface area contributed by atoms with Gasteiger partial charge in [-0.3, -0.25) is 4.79 Å². The minimum absolute atomic E-state index is 0.119. The minimum Gasteiger partial charge on any atom is -0.451 e. The number of fused-ring (bicyclic) bond motifs is 1. The van der Waals surface area contributed by atoms with Crippen molar-refractivity contribution in [3.05, 3.63) is 88.5 Å². The molecule has 0 fully saturated rings. The first kappa shape index (κ1) is 21.6. The fraction of sp³-hybridized carbons (Fsp3) is 0.0435. The monoisotopic (exact) mass is 467 g/mol. The van der Waals surface area contributed by atoms with Gasteiger partial charge in [-0.05, 0) is 54.6 Å². The largest absolute Gasteiger partial charge is 0.451 e. The predicted octanol–water partition coefficient (Wildman–Crippen LogP) is 6.90. The molecule has 0 atom stereocenters. The lowest BCUT2D eigenvalue weighted by atomic mass is 10.2. The number of esters is 1. The molecule has 3 aromatic carbocycles. The molecule has 0 saturated carbocycles. The second-order valence-electron chi connectivity index (χ2n) is 6.59. The molecule has 9 heteroatoms. The zero-order valence-corrected chi connectivity index (χ0v) is 18.0. The van der Waals surface area contributed by atoms with E-state index in [0.717, 1.165) is 17.0 Å². The number of rotatable bonds is 6. The molecule has 0 aliphatic carbocycles. The van der Waals surface area contributed by atoms with Crippen molar-refractivity contribution in [3.8, 4) is 0 Å². The van der Waals surface area contributed by atoms with Gasteiger partial charge in [0.25, 0.3) is 5.91 Å². The van der Waals surface area contributed by atoms with E-state index in [1.165, 1.54) is 18.2 Å². The third kappa shape index (κ3) is 5.16. The van der Waals surface area contributed by atoms with Crippen molar-refractivity contribution in [1.29, 1.82) is 0 Å². The van der Waals surface area contributed by atoms with Crippen molar-refractivity contribution in [2.75, 3.05) is 11.9 Å². The van der Waals surface area contributed by atoms with Gasteiger partial charge >= 0.3 is 5.97 Å². The molecule has 0 saturated heterocycles. The Morgan fingerprint density at radius 2 is 1.66 bits per heavy atom. The van der Waals surface area contributed by atoms with Crippen molar-refractivity contribution in [2.24, 2.45) is 10.2 Å². The third-order valence-electron chi connectivity index (χ3n) is 4.30. The fourth-order valence-electron chi connectivity index (χ4n) is 2.79. The third-order valence-corrected chi connectivity index (χ3v) is 5.94. The Balaban J connectivity index is 1.32. The van der Waals surface area contributed by atoms with Gasteiger partial charge in [0.05, 0.1) is 16.4 Å². The summed E-state index contributed by atoms with van der Waals surface area (Å²) >= 11 is 7.21. The van der Waals surface area contributed by atoms with E-state index in [1.54, 1.807) is 24.3 Å². The molecule has 1 amide bonds. The fourth-order valence-corrected chi connectivity index (χ4v) is 4.21. The molecule has 160 valence electrons. The van der Waals surface area contributed by atoms with Gasteiger partial charge in [0.15, 0.2) is 6.61 Å². The standard InChI is InChI=1S/C23H15ClFN3O3S/c24-21-18-11-6-14(25)12-19(18)32-22(21)23(30)31-13-20(29)26-15-7-9-17(10-8-15)28-27-16-4-2-1-3-5-16/h1-12H,13H2,(H,26,29). The topological polar surface area (TPSA) is 80.1 Å². The van der Waals surface area contributed by atoms with Gasteiger partial charge < -0.3 is 10.1 Å². The number of ether oxygens (including phenoxy) is 1. The van der Waals surface area contributed by atoms with Crippen LogP contribution in [0.2, 0.25) is 5.02 Å². The molecule has 1 heterocycles. The number of nitrogens with one attached hydrogen (secondary N) is 1. The van der Waals surface area contributed by atoms with Crippen molar-refractivity contribution in [1.82, 2.24) is 0 Å². The zero-order valence-electron chi connectivity index (χ0n) is 16.4. The maximum absolute atomic E-state index is 13.4. The average molecular weight is 468 g/mol. The van der Waals surface area contributed by atoms with Crippen molar-refractivity contribution >= 4 is 62.0 Å². The summed E-state index contributed by atoms with van der Waals surface area (Å²) < 4.78 is 19.0. The highest BCUT2D eigenvalue weighted by Gasteiger charge is 2.19. The summed E-state index contributed by atoms with van der Waals surface area (Å²) in [6.45, 7) is -0.493. The Morgan fingerprint density at radius 1 is 0.969 bits per heavy atom. The van der Waals surface area contributed by atoms with E-state index in [4.69, 9.17) is 16.3 Å². The number of carbonyl (C=O) groups excluding carboxylic acids is 2. The number of halogens is 2. The van der Waals surface area contributed by atoms with E-state index < -0.39 is 24.3 Å². The van der Waals surface area contributed by atoms with Crippen LogP contribution in [0.3, 0.4) is 0 Å². The lowest BCUT2D eigenvalue weighted by Gasteiger charge is -2.06. The Labute approximate surface area is 191 Å². The van der Waals surface area contributed by atoms with E-state index in [9.17, 15) is 14.0 Å². The summed E-state index contributed by atoms with van der Waals surface area (Å²) in [5, 5.41) is 11.6. The van der Waals surface area contributed by atoms with Crippen LogP contribution in [0.4, 0.5) is 21.5 Å². The van der Waals surface area contributed by atoms with E-state index in [-0.39, 0.29) is 9.90 Å². The highest BCUT2D eigenvalue weighted by atomic mass is 35.5. The first-order chi connectivity index (χ1) is 15.5. The quantitative estimate of drug-likeness (QED) is 0.247. The average Bonchev–Trinajstić information content (AvgIpc) is 3.13. The van der Waals surface area contributed by atoms with Crippen molar-refractivity contribution < 1.29 is 18.7 Å². The number of benzene rings is 3. The zero-order chi connectivity index (χ0) is 22.5. The molecule has 0 radical (unpaired) electrons. The van der Waals surface area contributed by atoms with Crippen LogP contribution in [0.5, 0.6) is 0 Å². The normalized spacial score (nSPS) is 11.1. The summed E-state index contributed by atoms with van der Waals surface area (Å²) in [7, 11) is 0. The maximum atomic E-state index is 13.4. The SMILES string of the molecule is O=C(COC(=O)c1sc2cc(F)ccc2c1Cl)Nc1ccc(N=Nc2ccccc2)cc1. The molecule has 1 aromatic heterocycles. The number of anilines is 1. The molecule has 0 aliphatic rings. The lowest BCUT2D eigenvalue weighted by molar-refractivity contribution is -0.119. The molecule has 4 rings (SSSR count). The van der Waals surface area contributed by atoms with Crippen LogP contribution in [0, 0.1) is 5.82 Å². The van der Waals surface area contributed by atoms with E-state index in [1.807, 2.05) is 30.3 Å². The smallest absolute Gasteiger partial charge is 0.350 e. The summed E-state index contributed by atoms with van der Waals surface area (Å²) in [4.78, 5) is 24.6. The molecular formula is C23H15ClFN3O3S. The van der Waals surface area contributed by atoms with E-state index in [2.05, 4.69) is 15.5 Å². The summed E-state index contributed by atoms with van der Waals surface area (Å²) in [5.41, 5.74) is 1.87. The van der Waals surface area contributed by atoms with Gasteiger partial charge in [0, 0.05) is 15.8 Å². The van der Waals surface area contributed by atoms with Gasteiger partial charge in [0.1, 0.15) is 10.7 Å². The predicted molar refractivity (Wildman–Crippen MR) is 123 cm³/mol. The summed E-state index contributed by atoms with van der Waals surface area (Å²) in [6, 6.07) is 20.1. The van der Waals surface area contributed by atoms with Gasteiger partial charge in [0.2, 0.25) is 0 Å². The molecule has 6 nitrogen and oxygen atoms in total. The highest BCUT2D eigenvalue weighted by molar-refractivity contribution is 7.21. The number of azo groups is 1. The molecule has 0 aliphatic heterocycles. The number of carbonyl (C=O) groups is 2. The van der Waals surface area contributed by atoms with Crippen LogP contribution in [-0.4, -0.2) is 18.5 Å². The molecular weight excluding hydrogens is 453 g/mol. The second-order valence-corrected chi connectivity index (χ2v) is 8.02. The van der Waals surface area contributed by atoms with Crippen molar-refractivity contribution in [3.63, 3.8) is 0 Å². The van der Waals surface area contributed by atoms with Crippen LogP contribution in [0.15, 0.2) is 83.0 Å². The maximum Gasteiger partial charge on any atom is 0.350 e. The first-order valence-electron chi connectivity index (χ1n) is 9.41. The van der Waals surface area contributed by atoms with Gasteiger partial charge in [-0.1, -0.05) is 29.8 Å². The first-order valence-corrected chi connectivity index (χ1v) is 10.6. The number of amides is 1. The lowest BCUT2D eigenvalue weighted by Crippen LogP contribution is -2.20. The van der Waals surface area contributed by atoms with Crippen LogP contribution < -0.4 is 5.32 Å². The molecule has 1 N–H and O–H groups in total.